The van der Waals surface area contributed by atoms with Gasteiger partial charge in [-0.3, -0.25) is 4.79 Å². The van der Waals surface area contributed by atoms with Crippen LogP contribution in [0.25, 0.3) is 0 Å². The quantitative estimate of drug-likeness (QED) is 0.423. The fourth-order valence-corrected chi connectivity index (χ4v) is 5.62. The number of halogens is 2. The molecule has 2 aliphatic heterocycles. The third kappa shape index (κ3) is 4.51. The van der Waals surface area contributed by atoms with E-state index in [1.54, 1.807) is 24.3 Å². The number of nitrogens with zero attached hydrogens (tertiary/aromatic N) is 2. The number of carbonyl (C=O) groups is 2. The average Bonchev–Trinajstić information content (AvgIpc) is 3.38. The zero-order chi connectivity index (χ0) is 25.3. The highest BCUT2D eigenvalue weighted by Crippen LogP contribution is 2.48. The van der Waals surface area contributed by atoms with Gasteiger partial charge in [0.1, 0.15) is 17.2 Å². The maximum absolute atomic E-state index is 15.1. The SMILES string of the molecule is COC(=O)c1co[n+]([C@H]2C[C@H]3CSC(NC(=O)c4ccccc4)=N[C@@]3(c3ccc(F)cc3F)CO2)c1. The number of amidine groups is 1. The highest BCUT2D eigenvalue weighted by molar-refractivity contribution is 8.13. The monoisotopic (exact) mass is 514 g/mol. The number of hydrogen-bond donors (Lipinski definition) is 1. The van der Waals surface area contributed by atoms with Crippen LogP contribution < -0.4 is 10.1 Å². The van der Waals surface area contributed by atoms with Crippen molar-refractivity contribution in [3.8, 4) is 0 Å². The van der Waals surface area contributed by atoms with E-state index >= 15 is 4.39 Å². The van der Waals surface area contributed by atoms with Crippen LogP contribution in [0.2, 0.25) is 0 Å². The number of fused-ring (bicyclic) bond motifs is 1. The summed E-state index contributed by atoms with van der Waals surface area (Å²) in [7, 11) is 1.27. The molecule has 0 bridgehead atoms. The molecule has 3 atom stereocenters. The summed E-state index contributed by atoms with van der Waals surface area (Å²) >= 11 is 1.34. The number of benzene rings is 2. The number of esters is 1. The third-order valence-electron chi connectivity index (χ3n) is 6.31. The van der Waals surface area contributed by atoms with Gasteiger partial charge in [-0.1, -0.05) is 36.0 Å². The van der Waals surface area contributed by atoms with Crippen LogP contribution in [0, 0.1) is 17.6 Å². The lowest BCUT2D eigenvalue weighted by molar-refractivity contribution is -0.911. The van der Waals surface area contributed by atoms with Crippen molar-refractivity contribution in [2.24, 2.45) is 10.9 Å². The Hall–Kier alpha value is -3.57. The van der Waals surface area contributed by atoms with Crippen LogP contribution >= 0.6 is 11.8 Å². The van der Waals surface area contributed by atoms with Crippen LogP contribution in [0.4, 0.5) is 8.78 Å². The van der Waals surface area contributed by atoms with Crippen molar-refractivity contribution >= 4 is 28.8 Å². The van der Waals surface area contributed by atoms with Gasteiger partial charge in [0.05, 0.1) is 13.7 Å². The van der Waals surface area contributed by atoms with Crippen LogP contribution in [0.1, 0.15) is 38.9 Å². The number of ether oxygens (including phenoxy) is 2. The molecule has 0 saturated carbocycles. The first-order chi connectivity index (χ1) is 17.4. The van der Waals surface area contributed by atoms with Gasteiger partial charge in [0.2, 0.25) is 6.20 Å². The number of methoxy groups -OCH3 is 1. The largest absolute Gasteiger partial charge is 0.465 e. The maximum Gasteiger partial charge on any atom is 0.347 e. The molecule has 1 fully saturated rings. The average molecular weight is 515 g/mol. The molecule has 186 valence electrons. The number of amides is 1. The summed E-state index contributed by atoms with van der Waals surface area (Å²) < 4.78 is 46.5. The van der Waals surface area contributed by atoms with Crippen LogP contribution in [0.3, 0.4) is 0 Å². The Bertz CT molecular complexity index is 1330. The Labute approximate surface area is 209 Å². The summed E-state index contributed by atoms with van der Waals surface area (Å²) in [5.74, 6) is -2.11. The molecule has 1 saturated heterocycles. The van der Waals surface area contributed by atoms with E-state index in [0.29, 0.717) is 22.9 Å². The molecule has 1 amide bonds. The number of aromatic nitrogens is 1. The molecule has 11 heteroatoms. The number of rotatable bonds is 4. The molecule has 0 radical (unpaired) electrons. The lowest BCUT2D eigenvalue weighted by atomic mass is 9.76. The van der Waals surface area contributed by atoms with E-state index in [0.717, 1.165) is 6.07 Å². The van der Waals surface area contributed by atoms with E-state index in [1.165, 1.54) is 48.2 Å². The Morgan fingerprint density at radius 3 is 2.75 bits per heavy atom. The molecule has 1 aromatic heterocycles. The Morgan fingerprint density at radius 2 is 2.00 bits per heavy atom. The minimum atomic E-state index is -1.20. The third-order valence-corrected chi connectivity index (χ3v) is 7.34. The predicted octanol–water partition coefficient (Wildman–Crippen LogP) is 3.60. The second kappa shape index (κ2) is 9.82. The van der Waals surface area contributed by atoms with Crippen LogP contribution in [0.5, 0.6) is 0 Å². The van der Waals surface area contributed by atoms with Crippen molar-refractivity contribution in [3.63, 3.8) is 0 Å². The van der Waals surface area contributed by atoms with E-state index in [4.69, 9.17) is 19.0 Å². The minimum Gasteiger partial charge on any atom is -0.465 e. The first kappa shape index (κ1) is 24.1. The molecule has 5 rings (SSSR count). The molecular weight excluding hydrogens is 492 g/mol. The summed E-state index contributed by atoms with van der Waals surface area (Å²) in [5.41, 5.74) is -0.333. The molecular formula is C25H22F2N3O5S+. The molecule has 2 aromatic carbocycles. The van der Waals surface area contributed by atoms with Crippen LogP contribution in [0.15, 0.2) is 70.5 Å². The molecule has 0 unspecified atom stereocenters. The van der Waals surface area contributed by atoms with E-state index in [9.17, 15) is 14.0 Å². The molecule has 36 heavy (non-hydrogen) atoms. The normalized spacial score (nSPS) is 23.4. The Morgan fingerprint density at radius 1 is 1.19 bits per heavy atom. The zero-order valence-electron chi connectivity index (χ0n) is 19.1. The topological polar surface area (TPSA) is 94.0 Å². The minimum absolute atomic E-state index is 0.0581. The van der Waals surface area contributed by atoms with Gasteiger partial charge in [0, 0.05) is 40.0 Å². The maximum atomic E-state index is 15.1. The van der Waals surface area contributed by atoms with Gasteiger partial charge < -0.3 is 14.8 Å². The summed E-state index contributed by atoms with van der Waals surface area (Å²) in [6.07, 6.45) is 2.53. The molecule has 3 aromatic rings. The number of carbonyl (C=O) groups excluding carboxylic acids is 2. The van der Waals surface area contributed by atoms with E-state index in [2.05, 4.69) is 5.32 Å². The van der Waals surface area contributed by atoms with Gasteiger partial charge in [0.25, 0.3) is 5.91 Å². The van der Waals surface area contributed by atoms with Crippen molar-refractivity contribution in [1.82, 2.24) is 5.32 Å². The highest BCUT2D eigenvalue weighted by atomic mass is 32.2. The second-order valence-corrected chi connectivity index (χ2v) is 9.46. The summed E-state index contributed by atoms with van der Waals surface area (Å²) in [4.78, 5) is 29.3. The van der Waals surface area contributed by atoms with Crippen molar-refractivity contribution in [3.05, 3.63) is 89.3 Å². The van der Waals surface area contributed by atoms with Crippen molar-refractivity contribution in [2.75, 3.05) is 19.5 Å². The van der Waals surface area contributed by atoms with Gasteiger partial charge >= 0.3 is 12.2 Å². The van der Waals surface area contributed by atoms with E-state index in [-0.39, 0.29) is 29.6 Å². The first-order valence-electron chi connectivity index (χ1n) is 11.1. The van der Waals surface area contributed by atoms with Gasteiger partial charge in [-0.2, -0.15) is 0 Å². The number of hydrogen-bond acceptors (Lipinski definition) is 7. The predicted molar refractivity (Wildman–Crippen MR) is 125 cm³/mol. The highest BCUT2D eigenvalue weighted by Gasteiger charge is 2.52. The first-order valence-corrected chi connectivity index (χ1v) is 12.1. The van der Waals surface area contributed by atoms with Gasteiger partial charge in [-0.05, 0) is 18.2 Å². The van der Waals surface area contributed by atoms with Gasteiger partial charge in [-0.25, -0.2) is 23.1 Å². The number of aliphatic imine (C=N–C) groups is 1. The molecule has 2 aliphatic rings. The van der Waals surface area contributed by atoms with Gasteiger partial charge in [0.15, 0.2) is 17.0 Å². The van der Waals surface area contributed by atoms with E-state index < -0.39 is 29.4 Å². The van der Waals surface area contributed by atoms with Crippen molar-refractivity contribution in [1.29, 1.82) is 0 Å². The van der Waals surface area contributed by atoms with E-state index in [1.807, 2.05) is 6.07 Å². The lowest BCUT2D eigenvalue weighted by Crippen LogP contribution is -2.54. The molecule has 3 heterocycles. The molecule has 0 spiro atoms. The Balaban J connectivity index is 1.47. The molecule has 1 N–H and O–H groups in total. The number of nitrogens with one attached hydrogen (secondary N) is 1. The van der Waals surface area contributed by atoms with Gasteiger partial charge in [-0.15, -0.1) is 0 Å². The fourth-order valence-electron chi connectivity index (χ4n) is 4.45. The summed E-state index contributed by atoms with van der Waals surface area (Å²) in [5, 5.41) is 3.13. The lowest BCUT2D eigenvalue weighted by Gasteiger charge is -2.44. The molecule has 8 nitrogen and oxygen atoms in total. The Kier molecular flexibility index (Phi) is 6.59. The number of thioether (sulfide) groups is 1. The van der Waals surface area contributed by atoms with Crippen LogP contribution in [-0.4, -0.2) is 36.5 Å². The van der Waals surface area contributed by atoms with Crippen LogP contribution in [-0.2, 0) is 15.0 Å². The standard InChI is InChI=1S/C25H21F2N3O5S/c1-33-23(32)16-11-30(35-12-16)21-9-17-13-36-24(28-22(31)15-5-3-2-4-6-15)29-25(17,14-34-21)19-8-7-18(26)10-20(19)27/h2-8,10-12,17,21H,9,13-14H2,1H3/p+1/t17-,21+,25-/m0/s1. The van der Waals surface area contributed by atoms with Crippen molar-refractivity contribution in [2.45, 2.75) is 18.2 Å². The van der Waals surface area contributed by atoms with Crippen molar-refractivity contribution < 1.29 is 37.1 Å². The zero-order valence-corrected chi connectivity index (χ0v) is 20.0. The second-order valence-electron chi connectivity index (χ2n) is 8.45. The smallest absolute Gasteiger partial charge is 0.347 e. The summed E-state index contributed by atoms with van der Waals surface area (Å²) in [6.45, 7) is -0.0581. The fraction of sp³-hybridized carbons (Fsp3) is 0.280. The molecule has 0 aliphatic carbocycles. The summed E-state index contributed by atoms with van der Waals surface area (Å²) in [6, 6.07) is 12.0.